The molecule has 0 atom stereocenters. The molecule has 1 N–H and O–H groups in total. The quantitative estimate of drug-likeness (QED) is 0.927. The fourth-order valence-electron chi connectivity index (χ4n) is 2.68. The second-order valence-electron chi connectivity index (χ2n) is 5.29. The van der Waals surface area contributed by atoms with Crippen LogP contribution < -0.4 is 10.2 Å². The van der Waals surface area contributed by atoms with E-state index in [1.165, 1.54) is 16.8 Å². The molecule has 1 aliphatic rings. The highest BCUT2D eigenvalue weighted by molar-refractivity contribution is 5.63. The van der Waals surface area contributed by atoms with Crippen LogP contribution in [0.15, 0.2) is 28.9 Å². The van der Waals surface area contributed by atoms with Crippen LogP contribution in [0, 0.1) is 6.92 Å². The molecule has 20 heavy (non-hydrogen) atoms. The summed E-state index contributed by atoms with van der Waals surface area (Å²) in [5.74, 6) is 0. The van der Waals surface area contributed by atoms with Crippen molar-refractivity contribution >= 4 is 11.7 Å². The van der Waals surface area contributed by atoms with Gasteiger partial charge in [-0.1, -0.05) is 24.6 Å². The molecular formula is C16H21N3O. The van der Waals surface area contributed by atoms with Crippen LogP contribution in [0.2, 0.25) is 0 Å². The number of nitrogens with one attached hydrogen (secondary N) is 1. The van der Waals surface area contributed by atoms with Crippen molar-refractivity contribution in [2.45, 2.75) is 33.2 Å². The van der Waals surface area contributed by atoms with Crippen molar-refractivity contribution in [2.75, 3.05) is 18.0 Å². The number of aryl methyl sites for hydroxylation is 2. The average molecular weight is 271 g/mol. The Morgan fingerprint density at radius 2 is 2.30 bits per heavy atom. The van der Waals surface area contributed by atoms with Gasteiger partial charge in [0.25, 0.3) is 0 Å². The van der Waals surface area contributed by atoms with Crippen LogP contribution in [0.1, 0.15) is 30.2 Å². The normalized spacial score (nSPS) is 14.4. The van der Waals surface area contributed by atoms with Crippen molar-refractivity contribution < 1.29 is 4.42 Å². The van der Waals surface area contributed by atoms with Gasteiger partial charge in [0.05, 0.1) is 5.69 Å². The van der Waals surface area contributed by atoms with Gasteiger partial charge in [-0.2, -0.15) is 4.98 Å². The Bertz CT molecular complexity index is 591. The number of hydrogen-bond donors (Lipinski definition) is 1. The largest absolute Gasteiger partial charge is 0.431 e. The molecule has 4 nitrogen and oxygen atoms in total. The van der Waals surface area contributed by atoms with Crippen LogP contribution in [0.25, 0.3) is 0 Å². The van der Waals surface area contributed by atoms with Gasteiger partial charge in [-0.05, 0) is 37.9 Å². The summed E-state index contributed by atoms with van der Waals surface area (Å²) < 4.78 is 5.66. The summed E-state index contributed by atoms with van der Waals surface area (Å²) in [4.78, 5) is 6.78. The molecule has 1 aromatic heterocycles. The number of fused-ring (bicyclic) bond motifs is 1. The molecule has 0 radical (unpaired) electrons. The molecule has 0 fully saturated rings. The summed E-state index contributed by atoms with van der Waals surface area (Å²) in [7, 11) is 0. The maximum absolute atomic E-state index is 5.66. The first-order chi connectivity index (χ1) is 9.78. The number of benzene rings is 1. The minimum Gasteiger partial charge on any atom is -0.431 e. The van der Waals surface area contributed by atoms with Crippen molar-refractivity contribution in [3.05, 3.63) is 41.3 Å². The predicted octanol–water partition coefficient (Wildman–Crippen LogP) is 3.18. The van der Waals surface area contributed by atoms with Crippen LogP contribution in [-0.2, 0) is 13.0 Å². The van der Waals surface area contributed by atoms with E-state index in [1.54, 1.807) is 6.26 Å². The highest BCUT2D eigenvalue weighted by Gasteiger charge is 2.21. The molecule has 0 saturated carbocycles. The topological polar surface area (TPSA) is 41.3 Å². The van der Waals surface area contributed by atoms with E-state index in [1.807, 2.05) is 0 Å². The molecule has 0 saturated heterocycles. The van der Waals surface area contributed by atoms with Crippen LogP contribution in [0.3, 0.4) is 0 Å². The minimum absolute atomic E-state index is 0.711. The molecule has 2 aromatic rings. The van der Waals surface area contributed by atoms with E-state index in [0.717, 1.165) is 38.2 Å². The molecule has 2 heterocycles. The Labute approximate surface area is 119 Å². The molecule has 1 aliphatic heterocycles. The lowest BCUT2D eigenvalue weighted by Gasteiger charge is -2.28. The van der Waals surface area contributed by atoms with Gasteiger partial charge in [0, 0.05) is 18.8 Å². The molecule has 3 rings (SSSR count). The standard InChI is InChI=1S/C16H21N3O/c1-3-17-10-14-11-20-16(18-14)19-8-4-5-13-9-12(2)6-7-15(13)19/h6-7,9,11,17H,3-5,8,10H2,1-2H3. The van der Waals surface area contributed by atoms with E-state index in [4.69, 9.17) is 4.42 Å². The van der Waals surface area contributed by atoms with Gasteiger partial charge in [-0.25, -0.2) is 0 Å². The van der Waals surface area contributed by atoms with Crippen LogP contribution in [0.5, 0.6) is 0 Å². The molecule has 0 amide bonds. The van der Waals surface area contributed by atoms with E-state index < -0.39 is 0 Å². The minimum atomic E-state index is 0.711. The molecule has 4 heteroatoms. The summed E-state index contributed by atoms with van der Waals surface area (Å²) >= 11 is 0. The van der Waals surface area contributed by atoms with Gasteiger partial charge in [0.2, 0.25) is 0 Å². The van der Waals surface area contributed by atoms with E-state index in [9.17, 15) is 0 Å². The second kappa shape index (κ2) is 5.67. The summed E-state index contributed by atoms with van der Waals surface area (Å²) in [5.41, 5.74) is 4.90. The molecule has 0 spiro atoms. The summed E-state index contributed by atoms with van der Waals surface area (Å²) in [5, 5.41) is 3.27. The van der Waals surface area contributed by atoms with Gasteiger partial charge in [0.15, 0.2) is 0 Å². The van der Waals surface area contributed by atoms with Crippen LogP contribution in [-0.4, -0.2) is 18.1 Å². The van der Waals surface area contributed by atoms with Gasteiger partial charge >= 0.3 is 6.01 Å². The van der Waals surface area contributed by atoms with Gasteiger partial charge in [-0.15, -0.1) is 0 Å². The van der Waals surface area contributed by atoms with E-state index in [2.05, 4.69) is 47.2 Å². The van der Waals surface area contributed by atoms with Crippen molar-refractivity contribution in [2.24, 2.45) is 0 Å². The van der Waals surface area contributed by atoms with E-state index >= 15 is 0 Å². The monoisotopic (exact) mass is 271 g/mol. The zero-order valence-corrected chi connectivity index (χ0v) is 12.1. The maximum Gasteiger partial charge on any atom is 0.302 e. The SMILES string of the molecule is CCNCc1coc(N2CCCc3cc(C)ccc32)n1. The summed E-state index contributed by atoms with van der Waals surface area (Å²) in [6, 6.07) is 7.31. The Kier molecular flexibility index (Phi) is 3.74. The third-order valence-corrected chi connectivity index (χ3v) is 3.68. The first-order valence-electron chi connectivity index (χ1n) is 7.30. The zero-order valence-electron chi connectivity index (χ0n) is 12.1. The lowest BCUT2D eigenvalue weighted by Crippen LogP contribution is -2.25. The van der Waals surface area contributed by atoms with Crippen molar-refractivity contribution in [1.29, 1.82) is 0 Å². The number of nitrogens with zero attached hydrogens (tertiary/aromatic N) is 2. The molecule has 1 aromatic carbocycles. The van der Waals surface area contributed by atoms with Crippen molar-refractivity contribution in [1.82, 2.24) is 10.3 Å². The average Bonchev–Trinajstić information content (AvgIpc) is 2.92. The third-order valence-electron chi connectivity index (χ3n) is 3.68. The van der Waals surface area contributed by atoms with Gasteiger partial charge in [0.1, 0.15) is 6.26 Å². The first kappa shape index (κ1) is 13.2. The van der Waals surface area contributed by atoms with Crippen LogP contribution in [0.4, 0.5) is 11.7 Å². The predicted molar refractivity (Wildman–Crippen MR) is 80.4 cm³/mol. The fourth-order valence-corrected chi connectivity index (χ4v) is 2.68. The Morgan fingerprint density at radius 3 is 3.15 bits per heavy atom. The number of oxazole rings is 1. The maximum atomic E-state index is 5.66. The highest BCUT2D eigenvalue weighted by Crippen LogP contribution is 2.33. The third kappa shape index (κ3) is 2.56. The smallest absolute Gasteiger partial charge is 0.302 e. The molecule has 106 valence electrons. The van der Waals surface area contributed by atoms with E-state index in [-0.39, 0.29) is 0 Å². The Balaban J connectivity index is 1.86. The molecule has 0 aliphatic carbocycles. The Hall–Kier alpha value is -1.81. The van der Waals surface area contributed by atoms with Gasteiger partial charge in [-0.3, -0.25) is 4.90 Å². The molecule has 0 unspecified atom stereocenters. The highest BCUT2D eigenvalue weighted by atomic mass is 16.4. The lowest BCUT2D eigenvalue weighted by molar-refractivity contribution is 0.543. The second-order valence-corrected chi connectivity index (χ2v) is 5.29. The number of hydrogen-bond acceptors (Lipinski definition) is 4. The number of aromatic nitrogens is 1. The summed E-state index contributed by atoms with van der Waals surface area (Å²) in [6.45, 7) is 6.89. The number of anilines is 2. The van der Waals surface area contributed by atoms with Gasteiger partial charge < -0.3 is 9.73 Å². The van der Waals surface area contributed by atoms with Crippen LogP contribution >= 0.6 is 0 Å². The van der Waals surface area contributed by atoms with Crippen molar-refractivity contribution in [3.63, 3.8) is 0 Å². The molecular weight excluding hydrogens is 250 g/mol. The summed E-state index contributed by atoms with van der Waals surface area (Å²) in [6.07, 6.45) is 4.03. The molecule has 0 bridgehead atoms. The lowest BCUT2D eigenvalue weighted by atomic mass is 10.00. The zero-order chi connectivity index (χ0) is 13.9. The van der Waals surface area contributed by atoms with Crippen molar-refractivity contribution in [3.8, 4) is 0 Å². The fraction of sp³-hybridized carbons (Fsp3) is 0.438. The first-order valence-corrected chi connectivity index (χ1v) is 7.30. The number of rotatable bonds is 4. The Morgan fingerprint density at radius 1 is 1.40 bits per heavy atom. The van der Waals surface area contributed by atoms with E-state index in [0.29, 0.717) is 6.01 Å².